The average Bonchev–Trinajstić information content (AvgIpc) is 2.72. The second kappa shape index (κ2) is 8.34. The molecule has 28 heavy (non-hydrogen) atoms. The van der Waals surface area contributed by atoms with Gasteiger partial charge in [-0.1, -0.05) is 27.5 Å². The fourth-order valence-corrected chi connectivity index (χ4v) is 3.43. The van der Waals surface area contributed by atoms with E-state index in [1.807, 2.05) is 24.3 Å². The summed E-state index contributed by atoms with van der Waals surface area (Å²) in [5.41, 5.74) is 1.00. The average molecular weight is 462 g/mol. The van der Waals surface area contributed by atoms with Crippen LogP contribution >= 0.6 is 27.5 Å². The van der Waals surface area contributed by atoms with Gasteiger partial charge in [0.05, 0.1) is 11.9 Å². The van der Waals surface area contributed by atoms with Gasteiger partial charge in [0.2, 0.25) is 5.75 Å². The minimum Gasteiger partial charge on any atom is -0.449 e. The molecule has 0 radical (unpaired) electrons. The first-order chi connectivity index (χ1) is 13.6. The van der Waals surface area contributed by atoms with E-state index < -0.39 is 0 Å². The van der Waals surface area contributed by atoms with E-state index >= 15 is 0 Å². The maximum Gasteiger partial charge on any atom is 0.316 e. The number of aromatic nitrogens is 2. The summed E-state index contributed by atoms with van der Waals surface area (Å²) in [6.07, 6.45) is 1.69. The molecule has 2 aromatic carbocycles. The van der Waals surface area contributed by atoms with Crippen molar-refractivity contribution < 1.29 is 4.74 Å². The highest BCUT2D eigenvalue weighted by atomic mass is 79.9. The summed E-state index contributed by atoms with van der Waals surface area (Å²) >= 11 is 9.38. The van der Waals surface area contributed by atoms with Gasteiger partial charge in [-0.25, -0.2) is 0 Å². The van der Waals surface area contributed by atoms with Crippen molar-refractivity contribution in [3.8, 4) is 17.2 Å². The number of benzene rings is 2. The van der Waals surface area contributed by atoms with Gasteiger partial charge in [0, 0.05) is 35.7 Å². The summed E-state index contributed by atoms with van der Waals surface area (Å²) in [4.78, 5) is 15.4. The van der Waals surface area contributed by atoms with Crippen molar-refractivity contribution in [3.05, 3.63) is 74.6 Å². The molecule has 0 aliphatic carbocycles. The van der Waals surface area contributed by atoms with Crippen LogP contribution in [0.4, 0.5) is 5.69 Å². The Bertz CT molecular complexity index is 1020. The zero-order valence-corrected chi connectivity index (χ0v) is 17.3. The lowest BCUT2D eigenvalue weighted by atomic mass is 10.3. The quantitative estimate of drug-likeness (QED) is 0.639. The third-order valence-corrected chi connectivity index (χ3v) is 5.26. The summed E-state index contributed by atoms with van der Waals surface area (Å²) < 4.78 is 8.32. The molecule has 1 aliphatic rings. The van der Waals surface area contributed by atoms with Gasteiger partial charge in [0.25, 0.3) is 0 Å². The smallest absolute Gasteiger partial charge is 0.316 e. The van der Waals surface area contributed by atoms with Crippen LogP contribution < -0.4 is 20.5 Å². The van der Waals surface area contributed by atoms with Gasteiger partial charge in [0.1, 0.15) is 11.4 Å². The molecule has 4 rings (SSSR count). The Balaban J connectivity index is 1.79. The van der Waals surface area contributed by atoms with Gasteiger partial charge in [0.15, 0.2) is 0 Å². The predicted octanol–water partition coefficient (Wildman–Crippen LogP) is 3.85. The van der Waals surface area contributed by atoms with E-state index in [0.29, 0.717) is 22.1 Å². The van der Waals surface area contributed by atoms with Crippen LogP contribution in [0.25, 0.3) is 5.69 Å². The van der Waals surface area contributed by atoms with Crippen molar-refractivity contribution in [1.82, 2.24) is 15.1 Å². The molecule has 3 aromatic rings. The second-order valence-corrected chi connectivity index (χ2v) is 7.70. The summed E-state index contributed by atoms with van der Waals surface area (Å²) in [7, 11) is 0. The van der Waals surface area contributed by atoms with Gasteiger partial charge < -0.3 is 15.0 Å². The lowest BCUT2D eigenvalue weighted by molar-refractivity contribution is 0.463. The van der Waals surface area contributed by atoms with Crippen LogP contribution in [-0.2, 0) is 0 Å². The number of halogens is 2. The third-order valence-electron chi connectivity index (χ3n) is 4.48. The van der Waals surface area contributed by atoms with Crippen LogP contribution in [0.1, 0.15) is 0 Å². The molecular formula is C20H18BrClN4O2. The third kappa shape index (κ3) is 4.06. The van der Waals surface area contributed by atoms with Gasteiger partial charge in [-0.05, 0) is 48.5 Å². The first-order valence-corrected chi connectivity index (χ1v) is 10.1. The lowest BCUT2D eigenvalue weighted by Crippen LogP contribution is -2.44. The zero-order valence-electron chi connectivity index (χ0n) is 14.9. The Kier molecular flexibility index (Phi) is 5.66. The van der Waals surface area contributed by atoms with Crippen molar-refractivity contribution in [3.63, 3.8) is 0 Å². The number of nitrogens with one attached hydrogen (secondary N) is 1. The lowest BCUT2D eigenvalue weighted by Gasteiger charge is -2.30. The number of hydrogen-bond acceptors (Lipinski definition) is 5. The molecule has 144 valence electrons. The molecule has 2 heterocycles. The molecule has 1 saturated heterocycles. The van der Waals surface area contributed by atoms with Crippen LogP contribution in [0.15, 0.2) is 64.0 Å². The summed E-state index contributed by atoms with van der Waals surface area (Å²) in [5, 5.41) is 8.29. The molecule has 1 aliphatic heterocycles. The van der Waals surface area contributed by atoms with Crippen molar-refractivity contribution in [2.24, 2.45) is 0 Å². The van der Waals surface area contributed by atoms with Crippen LogP contribution in [0.5, 0.6) is 11.5 Å². The molecule has 0 unspecified atom stereocenters. The molecule has 1 aromatic heterocycles. The van der Waals surface area contributed by atoms with E-state index in [1.165, 1.54) is 4.68 Å². The highest BCUT2D eigenvalue weighted by molar-refractivity contribution is 9.10. The molecule has 0 amide bonds. The number of piperazine rings is 1. The van der Waals surface area contributed by atoms with Crippen LogP contribution in [0.3, 0.4) is 0 Å². The zero-order chi connectivity index (χ0) is 19.5. The second-order valence-electron chi connectivity index (χ2n) is 6.35. The number of hydrogen-bond donors (Lipinski definition) is 1. The van der Waals surface area contributed by atoms with Crippen molar-refractivity contribution in [1.29, 1.82) is 0 Å². The van der Waals surface area contributed by atoms with Gasteiger partial charge >= 0.3 is 5.56 Å². The predicted molar refractivity (Wildman–Crippen MR) is 114 cm³/mol. The first kappa shape index (κ1) is 19.0. The monoisotopic (exact) mass is 460 g/mol. The van der Waals surface area contributed by atoms with Gasteiger partial charge in [-0.2, -0.15) is 9.78 Å². The molecule has 1 fully saturated rings. The standard InChI is InChI=1S/C20H18BrClN4O2/c21-14-1-7-17(8-2-14)28-19-18(25-11-9-23-10-12-25)13-24-26(20(19)27)16-5-3-15(22)4-6-16/h1-8,13,23H,9-12H2. The Labute approximate surface area is 175 Å². The maximum absolute atomic E-state index is 13.3. The molecule has 0 bridgehead atoms. The summed E-state index contributed by atoms with van der Waals surface area (Å²) in [6, 6.07) is 14.3. The molecule has 1 N–H and O–H groups in total. The summed E-state index contributed by atoms with van der Waals surface area (Å²) in [5.74, 6) is 0.847. The highest BCUT2D eigenvalue weighted by Crippen LogP contribution is 2.30. The number of ether oxygens (including phenoxy) is 1. The Hall–Kier alpha value is -2.35. The molecule has 0 saturated carbocycles. The van der Waals surface area contributed by atoms with E-state index in [2.05, 4.69) is 31.2 Å². The maximum atomic E-state index is 13.3. The summed E-state index contributed by atoms with van der Waals surface area (Å²) in [6.45, 7) is 3.25. The topological polar surface area (TPSA) is 59.4 Å². The SMILES string of the molecule is O=c1c(Oc2ccc(Br)cc2)c(N2CCNCC2)cnn1-c1ccc(Cl)cc1. The first-order valence-electron chi connectivity index (χ1n) is 8.89. The Morgan fingerprint density at radius 2 is 1.71 bits per heavy atom. The largest absolute Gasteiger partial charge is 0.449 e. The van der Waals surface area contributed by atoms with E-state index in [9.17, 15) is 4.79 Å². The van der Waals surface area contributed by atoms with Gasteiger partial charge in [-0.15, -0.1) is 0 Å². The number of nitrogens with zero attached hydrogens (tertiary/aromatic N) is 3. The number of rotatable bonds is 4. The van der Waals surface area contributed by atoms with Crippen molar-refractivity contribution >= 4 is 33.2 Å². The molecule has 0 spiro atoms. The van der Waals surface area contributed by atoms with Crippen LogP contribution in [-0.4, -0.2) is 36.0 Å². The number of anilines is 1. The van der Waals surface area contributed by atoms with E-state index in [0.717, 1.165) is 30.7 Å². The Morgan fingerprint density at radius 3 is 2.39 bits per heavy atom. The van der Waals surface area contributed by atoms with Crippen LogP contribution in [0.2, 0.25) is 5.02 Å². The van der Waals surface area contributed by atoms with E-state index in [4.69, 9.17) is 16.3 Å². The molecule has 0 atom stereocenters. The van der Waals surface area contributed by atoms with Crippen molar-refractivity contribution in [2.45, 2.75) is 0 Å². The highest BCUT2D eigenvalue weighted by Gasteiger charge is 2.21. The van der Waals surface area contributed by atoms with E-state index in [-0.39, 0.29) is 11.3 Å². The van der Waals surface area contributed by atoms with Crippen LogP contribution in [0, 0.1) is 0 Å². The van der Waals surface area contributed by atoms with E-state index in [1.54, 1.807) is 30.5 Å². The minimum atomic E-state index is -0.318. The normalized spacial score (nSPS) is 14.1. The molecular weight excluding hydrogens is 444 g/mol. The fourth-order valence-electron chi connectivity index (χ4n) is 3.04. The van der Waals surface area contributed by atoms with Gasteiger partial charge in [-0.3, -0.25) is 4.79 Å². The van der Waals surface area contributed by atoms with Crippen molar-refractivity contribution in [2.75, 3.05) is 31.1 Å². The minimum absolute atomic E-state index is 0.258. The molecule has 6 nitrogen and oxygen atoms in total. The Morgan fingerprint density at radius 1 is 1.04 bits per heavy atom. The molecule has 8 heteroatoms. The fraction of sp³-hybridized carbons (Fsp3) is 0.200.